The molecule has 1 heterocycles. The third-order valence-electron chi connectivity index (χ3n) is 3.49. The second-order valence-corrected chi connectivity index (χ2v) is 5.00. The lowest BCUT2D eigenvalue weighted by Gasteiger charge is -2.39. The molecule has 1 aromatic rings. The number of carbonyl (C=O) groups is 2. The minimum atomic E-state index is -0.616. The molecule has 2 rings (SSSR count). The Morgan fingerprint density at radius 1 is 1.40 bits per heavy atom. The van der Waals surface area contributed by atoms with Crippen molar-refractivity contribution in [2.75, 3.05) is 19.6 Å². The molecule has 6 heteroatoms. The van der Waals surface area contributed by atoms with E-state index in [1.165, 1.54) is 24.0 Å². The summed E-state index contributed by atoms with van der Waals surface area (Å²) in [6, 6.07) is 5.73. The molecule has 0 bridgehead atoms. The Morgan fingerprint density at radius 2 is 2.15 bits per heavy atom. The van der Waals surface area contributed by atoms with Crippen molar-refractivity contribution in [1.82, 2.24) is 9.80 Å². The zero-order chi connectivity index (χ0) is 14.7. The predicted octanol–water partition coefficient (Wildman–Crippen LogP) is 0.344. The highest BCUT2D eigenvalue weighted by molar-refractivity contribution is 5.86. The number of carbonyl (C=O) groups excluding carboxylic acids is 2. The maximum atomic E-state index is 13.1. The molecule has 1 aliphatic heterocycles. The third kappa shape index (κ3) is 3.33. The monoisotopic (exact) mass is 279 g/mol. The number of nitrogens with two attached hydrogens (primary N) is 1. The van der Waals surface area contributed by atoms with Crippen LogP contribution in [0, 0.1) is 5.82 Å². The number of benzene rings is 1. The molecule has 0 saturated carbocycles. The molecule has 2 amide bonds. The van der Waals surface area contributed by atoms with Crippen molar-refractivity contribution in [1.29, 1.82) is 0 Å². The highest BCUT2D eigenvalue weighted by Crippen LogP contribution is 2.14. The first kappa shape index (κ1) is 14.5. The number of hydrogen-bond donors (Lipinski definition) is 1. The van der Waals surface area contributed by atoms with Gasteiger partial charge < -0.3 is 10.6 Å². The Labute approximate surface area is 117 Å². The molecule has 1 atom stereocenters. The van der Waals surface area contributed by atoms with Crippen LogP contribution in [0.1, 0.15) is 12.5 Å². The fraction of sp³-hybridized carbons (Fsp3) is 0.429. The zero-order valence-electron chi connectivity index (χ0n) is 11.4. The standard InChI is InChI=1S/C14H18FN3O2/c1-10(19)18-6-5-17(9-13(18)14(16)20)8-11-3-2-4-12(15)7-11/h2-4,7,13H,5-6,8-9H2,1H3,(H2,16,20)/t13-/m1/s1. The van der Waals surface area contributed by atoms with Crippen LogP contribution >= 0.6 is 0 Å². The average molecular weight is 279 g/mol. The molecule has 0 unspecified atom stereocenters. The molecule has 0 aliphatic carbocycles. The quantitative estimate of drug-likeness (QED) is 0.868. The van der Waals surface area contributed by atoms with Crippen LogP contribution < -0.4 is 5.73 Å². The van der Waals surface area contributed by atoms with Gasteiger partial charge in [-0.2, -0.15) is 0 Å². The second kappa shape index (κ2) is 6.00. The maximum absolute atomic E-state index is 13.1. The van der Waals surface area contributed by atoms with Gasteiger partial charge in [0.2, 0.25) is 11.8 Å². The fourth-order valence-corrected chi connectivity index (χ4v) is 2.50. The molecule has 0 aromatic heterocycles. The summed E-state index contributed by atoms with van der Waals surface area (Å²) in [5.74, 6) is -0.945. The molecule has 20 heavy (non-hydrogen) atoms. The first-order valence-electron chi connectivity index (χ1n) is 6.50. The van der Waals surface area contributed by atoms with Gasteiger partial charge in [0.25, 0.3) is 0 Å². The van der Waals surface area contributed by atoms with Crippen molar-refractivity contribution < 1.29 is 14.0 Å². The topological polar surface area (TPSA) is 66.6 Å². The lowest BCUT2D eigenvalue weighted by molar-refractivity contribution is -0.141. The van der Waals surface area contributed by atoms with Crippen LogP contribution in [0.5, 0.6) is 0 Å². The summed E-state index contributed by atoms with van der Waals surface area (Å²) < 4.78 is 13.1. The molecular weight excluding hydrogens is 261 g/mol. The van der Waals surface area contributed by atoms with Gasteiger partial charge in [-0.05, 0) is 17.7 Å². The van der Waals surface area contributed by atoms with E-state index in [1.54, 1.807) is 6.07 Å². The van der Waals surface area contributed by atoms with Gasteiger partial charge in [0, 0.05) is 33.1 Å². The Bertz CT molecular complexity index is 521. The molecule has 0 spiro atoms. The van der Waals surface area contributed by atoms with Crippen molar-refractivity contribution in [3.8, 4) is 0 Å². The predicted molar refractivity (Wildman–Crippen MR) is 72.0 cm³/mol. The maximum Gasteiger partial charge on any atom is 0.241 e. The lowest BCUT2D eigenvalue weighted by atomic mass is 10.1. The number of primary amides is 1. The van der Waals surface area contributed by atoms with Crippen LogP contribution in [-0.4, -0.2) is 47.3 Å². The van der Waals surface area contributed by atoms with Gasteiger partial charge >= 0.3 is 0 Å². The van der Waals surface area contributed by atoms with Crippen molar-refractivity contribution in [3.63, 3.8) is 0 Å². The number of amides is 2. The van der Waals surface area contributed by atoms with Crippen molar-refractivity contribution in [2.24, 2.45) is 5.73 Å². The van der Waals surface area contributed by atoms with E-state index in [0.29, 0.717) is 26.2 Å². The summed E-state index contributed by atoms with van der Waals surface area (Å²) in [6.45, 7) is 3.44. The van der Waals surface area contributed by atoms with E-state index in [4.69, 9.17) is 5.73 Å². The molecule has 1 aliphatic rings. The van der Waals surface area contributed by atoms with Crippen molar-refractivity contribution in [2.45, 2.75) is 19.5 Å². The van der Waals surface area contributed by atoms with E-state index < -0.39 is 11.9 Å². The molecule has 1 aromatic carbocycles. The lowest BCUT2D eigenvalue weighted by Crippen LogP contribution is -2.59. The van der Waals surface area contributed by atoms with E-state index >= 15 is 0 Å². The smallest absolute Gasteiger partial charge is 0.241 e. The van der Waals surface area contributed by atoms with Gasteiger partial charge in [-0.3, -0.25) is 14.5 Å². The number of nitrogens with zero attached hydrogens (tertiary/aromatic N) is 2. The summed E-state index contributed by atoms with van der Waals surface area (Å²) in [5, 5.41) is 0. The van der Waals surface area contributed by atoms with Gasteiger partial charge in [0.05, 0.1) is 0 Å². The highest BCUT2D eigenvalue weighted by atomic mass is 19.1. The normalized spacial score (nSPS) is 19.9. The molecule has 1 fully saturated rings. The van der Waals surface area contributed by atoms with Gasteiger partial charge in [-0.1, -0.05) is 12.1 Å². The SMILES string of the molecule is CC(=O)N1CCN(Cc2cccc(F)c2)C[C@@H]1C(N)=O. The van der Waals surface area contributed by atoms with Crippen LogP contribution in [0.25, 0.3) is 0 Å². The second-order valence-electron chi connectivity index (χ2n) is 5.00. The summed E-state index contributed by atoms with van der Waals surface area (Å²) in [4.78, 5) is 26.4. The largest absolute Gasteiger partial charge is 0.368 e. The number of rotatable bonds is 3. The first-order chi connectivity index (χ1) is 9.47. The number of halogens is 1. The summed E-state index contributed by atoms with van der Waals surface area (Å²) in [7, 11) is 0. The number of piperazine rings is 1. The van der Waals surface area contributed by atoms with Crippen LogP contribution in [0.15, 0.2) is 24.3 Å². The Kier molecular flexibility index (Phi) is 4.34. The number of hydrogen-bond acceptors (Lipinski definition) is 3. The fourth-order valence-electron chi connectivity index (χ4n) is 2.50. The van der Waals surface area contributed by atoms with Crippen LogP contribution in [0.4, 0.5) is 4.39 Å². The van der Waals surface area contributed by atoms with Gasteiger partial charge in [-0.15, -0.1) is 0 Å². The van der Waals surface area contributed by atoms with Crippen LogP contribution in [0.3, 0.4) is 0 Å². The van der Waals surface area contributed by atoms with Crippen molar-refractivity contribution >= 4 is 11.8 Å². The molecule has 0 radical (unpaired) electrons. The summed E-state index contributed by atoms with van der Waals surface area (Å²) in [6.07, 6.45) is 0. The van der Waals surface area contributed by atoms with Gasteiger partial charge in [0.15, 0.2) is 0 Å². The first-order valence-corrected chi connectivity index (χ1v) is 6.50. The Hall–Kier alpha value is -1.95. The van der Waals surface area contributed by atoms with Crippen LogP contribution in [0.2, 0.25) is 0 Å². The van der Waals surface area contributed by atoms with Crippen molar-refractivity contribution in [3.05, 3.63) is 35.6 Å². The van der Waals surface area contributed by atoms with E-state index in [1.807, 2.05) is 11.0 Å². The zero-order valence-corrected chi connectivity index (χ0v) is 11.4. The molecule has 1 saturated heterocycles. The van der Waals surface area contributed by atoms with E-state index in [9.17, 15) is 14.0 Å². The third-order valence-corrected chi connectivity index (χ3v) is 3.49. The summed E-state index contributed by atoms with van der Waals surface area (Å²) in [5.41, 5.74) is 6.19. The molecule has 2 N–H and O–H groups in total. The van der Waals surface area contributed by atoms with Crippen LogP contribution in [-0.2, 0) is 16.1 Å². The highest BCUT2D eigenvalue weighted by Gasteiger charge is 2.32. The van der Waals surface area contributed by atoms with Gasteiger partial charge in [0.1, 0.15) is 11.9 Å². The Balaban J connectivity index is 2.05. The van der Waals surface area contributed by atoms with E-state index in [2.05, 4.69) is 0 Å². The minimum absolute atomic E-state index is 0.154. The average Bonchev–Trinajstić information content (AvgIpc) is 2.38. The minimum Gasteiger partial charge on any atom is -0.368 e. The summed E-state index contributed by atoms with van der Waals surface area (Å²) >= 11 is 0. The van der Waals surface area contributed by atoms with Gasteiger partial charge in [-0.25, -0.2) is 4.39 Å². The van der Waals surface area contributed by atoms with E-state index in [0.717, 1.165) is 5.56 Å². The Morgan fingerprint density at radius 3 is 2.75 bits per heavy atom. The molecule has 108 valence electrons. The van der Waals surface area contributed by atoms with E-state index in [-0.39, 0.29) is 11.7 Å². The molecule has 5 nitrogen and oxygen atoms in total. The molecular formula is C14H18FN3O2.